The Bertz CT molecular complexity index is 925. The lowest BCUT2D eigenvalue weighted by atomic mass is 10.00. The van der Waals surface area contributed by atoms with Crippen LogP contribution in [-0.4, -0.2) is 17.1 Å². The summed E-state index contributed by atoms with van der Waals surface area (Å²) in [5.74, 6) is -0.910. The third-order valence-corrected chi connectivity index (χ3v) is 4.57. The van der Waals surface area contributed by atoms with Gasteiger partial charge in [0.15, 0.2) is 0 Å². The van der Waals surface area contributed by atoms with Gasteiger partial charge in [-0.05, 0) is 62.5 Å². The number of carboxylic acid groups (broad SMARTS) is 1. The first-order valence-electron chi connectivity index (χ1n) is 8.75. The van der Waals surface area contributed by atoms with Crippen molar-refractivity contribution >= 4 is 38.3 Å². The van der Waals surface area contributed by atoms with E-state index in [2.05, 4.69) is 72.8 Å². The predicted octanol–water partition coefficient (Wildman–Crippen LogP) is 5.20. The van der Waals surface area contributed by atoms with E-state index in [9.17, 15) is 4.79 Å². The van der Waals surface area contributed by atoms with Crippen LogP contribution in [0.1, 0.15) is 13.8 Å². The molecule has 0 saturated heterocycles. The SMILES string of the molecule is CC(C)[C@H](N)C(=O)O.c1ccc2cc3cc4ccccc4cc3cc2c1. The van der Waals surface area contributed by atoms with Crippen molar-refractivity contribution in [3.8, 4) is 0 Å². The Kier molecular flexibility index (Phi) is 5.19. The lowest BCUT2D eigenvalue weighted by Gasteiger charge is -2.07. The summed E-state index contributed by atoms with van der Waals surface area (Å²) in [6.45, 7) is 3.55. The van der Waals surface area contributed by atoms with E-state index in [0.29, 0.717) is 0 Å². The highest BCUT2D eigenvalue weighted by molar-refractivity contribution is 6.04. The zero-order chi connectivity index (χ0) is 18.7. The van der Waals surface area contributed by atoms with Crippen LogP contribution in [0.15, 0.2) is 72.8 Å². The molecule has 0 aliphatic heterocycles. The molecular formula is C23H23NO2. The normalized spacial score (nSPS) is 12.2. The highest BCUT2D eigenvalue weighted by atomic mass is 16.4. The molecule has 0 heterocycles. The number of benzene rings is 4. The number of carboxylic acids is 1. The molecule has 132 valence electrons. The maximum absolute atomic E-state index is 10.0. The summed E-state index contributed by atoms with van der Waals surface area (Å²) in [5.41, 5.74) is 5.16. The van der Waals surface area contributed by atoms with Gasteiger partial charge in [-0.15, -0.1) is 0 Å². The number of nitrogens with two attached hydrogens (primary N) is 1. The van der Waals surface area contributed by atoms with Gasteiger partial charge in [0, 0.05) is 0 Å². The minimum Gasteiger partial charge on any atom is -0.480 e. The molecule has 0 aromatic heterocycles. The molecular weight excluding hydrogens is 322 g/mol. The smallest absolute Gasteiger partial charge is 0.320 e. The van der Waals surface area contributed by atoms with E-state index >= 15 is 0 Å². The standard InChI is InChI=1S/C18H12.C5H11NO2/c1-2-6-14-10-18-12-16-8-4-3-7-15(16)11-17(18)9-13(14)5-1;1-3(2)4(6)5(7)8/h1-12H;3-4H,6H2,1-2H3,(H,7,8)/t;4-/m.0/s1. The van der Waals surface area contributed by atoms with Crippen molar-refractivity contribution in [2.24, 2.45) is 11.7 Å². The second-order valence-electron chi connectivity index (χ2n) is 6.85. The molecule has 0 radical (unpaired) electrons. The number of hydrogen-bond acceptors (Lipinski definition) is 2. The van der Waals surface area contributed by atoms with Crippen LogP contribution < -0.4 is 5.73 Å². The number of carbonyl (C=O) groups is 1. The summed E-state index contributed by atoms with van der Waals surface area (Å²) in [4.78, 5) is 10.0. The molecule has 0 aliphatic carbocycles. The first kappa shape index (κ1) is 17.9. The largest absolute Gasteiger partial charge is 0.480 e. The predicted molar refractivity (Wildman–Crippen MR) is 109 cm³/mol. The fourth-order valence-electron chi connectivity index (χ4n) is 2.92. The molecule has 0 aliphatic rings. The Balaban J connectivity index is 0.000000211. The Morgan fingerprint density at radius 1 is 0.731 bits per heavy atom. The molecule has 0 spiro atoms. The summed E-state index contributed by atoms with van der Waals surface area (Å²) < 4.78 is 0. The highest BCUT2D eigenvalue weighted by Crippen LogP contribution is 2.27. The van der Waals surface area contributed by atoms with Gasteiger partial charge in [0.1, 0.15) is 6.04 Å². The second kappa shape index (κ2) is 7.54. The maximum atomic E-state index is 10.0. The third kappa shape index (κ3) is 3.84. The van der Waals surface area contributed by atoms with Crippen LogP contribution in [0.5, 0.6) is 0 Å². The van der Waals surface area contributed by atoms with Crippen LogP contribution in [0.3, 0.4) is 0 Å². The Morgan fingerprint density at radius 3 is 1.23 bits per heavy atom. The molecule has 0 fully saturated rings. The van der Waals surface area contributed by atoms with Crippen molar-refractivity contribution in [3.63, 3.8) is 0 Å². The maximum Gasteiger partial charge on any atom is 0.320 e. The van der Waals surface area contributed by atoms with Gasteiger partial charge in [-0.3, -0.25) is 4.79 Å². The average Bonchev–Trinajstić information content (AvgIpc) is 2.64. The van der Waals surface area contributed by atoms with Crippen molar-refractivity contribution in [2.45, 2.75) is 19.9 Å². The molecule has 3 heteroatoms. The van der Waals surface area contributed by atoms with Gasteiger partial charge in [0.2, 0.25) is 0 Å². The third-order valence-electron chi connectivity index (χ3n) is 4.57. The first-order valence-corrected chi connectivity index (χ1v) is 8.75. The number of hydrogen-bond donors (Lipinski definition) is 2. The molecule has 4 rings (SSSR count). The molecule has 0 saturated carbocycles. The molecule has 0 unspecified atom stereocenters. The molecule has 26 heavy (non-hydrogen) atoms. The number of rotatable bonds is 2. The van der Waals surface area contributed by atoms with E-state index in [-0.39, 0.29) is 5.92 Å². The van der Waals surface area contributed by atoms with Crippen molar-refractivity contribution in [2.75, 3.05) is 0 Å². The molecule has 1 atom stereocenters. The van der Waals surface area contributed by atoms with E-state index < -0.39 is 12.0 Å². The molecule has 3 N–H and O–H groups in total. The summed E-state index contributed by atoms with van der Waals surface area (Å²) >= 11 is 0. The van der Waals surface area contributed by atoms with Crippen LogP contribution in [0.4, 0.5) is 0 Å². The zero-order valence-electron chi connectivity index (χ0n) is 15.0. The van der Waals surface area contributed by atoms with E-state index in [1.54, 1.807) is 13.8 Å². The quantitative estimate of drug-likeness (QED) is 0.491. The van der Waals surface area contributed by atoms with Gasteiger partial charge < -0.3 is 10.8 Å². The molecule has 0 bridgehead atoms. The van der Waals surface area contributed by atoms with Gasteiger partial charge in [-0.2, -0.15) is 0 Å². The van der Waals surface area contributed by atoms with Gasteiger partial charge in [-0.1, -0.05) is 62.4 Å². The van der Waals surface area contributed by atoms with Crippen molar-refractivity contribution in [1.82, 2.24) is 0 Å². The van der Waals surface area contributed by atoms with Crippen molar-refractivity contribution < 1.29 is 9.90 Å². The Morgan fingerprint density at radius 2 is 1.04 bits per heavy atom. The summed E-state index contributed by atoms with van der Waals surface area (Å²) in [5, 5.41) is 16.1. The molecule has 0 amide bonds. The van der Waals surface area contributed by atoms with Crippen LogP contribution in [0, 0.1) is 5.92 Å². The van der Waals surface area contributed by atoms with Crippen LogP contribution in [-0.2, 0) is 4.79 Å². The van der Waals surface area contributed by atoms with Crippen LogP contribution in [0.2, 0.25) is 0 Å². The van der Waals surface area contributed by atoms with Crippen molar-refractivity contribution in [1.29, 1.82) is 0 Å². The zero-order valence-corrected chi connectivity index (χ0v) is 15.0. The first-order chi connectivity index (χ1) is 12.5. The number of fused-ring (bicyclic) bond motifs is 3. The fraction of sp³-hybridized carbons (Fsp3) is 0.174. The van der Waals surface area contributed by atoms with E-state index in [1.807, 2.05) is 0 Å². The lowest BCUT2D eigenvalue weighted by Crippen LogP contribution is -2.34. The second-order valence-corrected chi connectivity index (χ2v) is 6.85. The van der Waals surface area contributed by atoms with Gasteiger partial charge in [-0.25, -0.2) is 0 Å². The monoisotopic (exact) mass is 345 g/mol. The molecule has 4 aromatic carbocycles. The molecule has 3 nitrogen and oxygen atoms in total. The Hall–Kier alpha value is -2.91. The summed E-state index contributed by atoms with van der Waals surface area (Å²) in [7, 11) is 0. The average molecular weight is 345 g/mol. The minimum atomic E-state index is -0.931. The van der Waals surface area contributed by atoms with Gasteiger partial charge in [0.25, 0.3) is 0 Å². The lowest BCUT2D eigenvalue weighted by molar-refractivity contribution is -0.139. The van der Waals surface area contributed by atoms with E-state index in [4.69, 9.17) is 10.8 Å². The summed E-state index contributed by atoms with van der Waals surface area (Å²) in [6.07, 6.45) is 0. The number of aliphatic carboxylic acids is 1. The van der Waals surface area contributed by atoms with Gasteiger partial charge in [0.05, 0.1) is 0 Å². The Labute approximate surface area is 153 Å². The van der Waals surface area contributed by atoms with Crippen molar-refractivity contribution in [3.05, 3.63) is 72.8 Å². The summed E-state index contributed by atoms with van der Waals surface area (Å²) in [6, 6.07) is 25.4. The van der Waals surface area contributed by atoms with Gasteiger partial charge >= 0.3 is 5.97 Å². The van der Waals surface area contributed by atoms with Crippen LogP contribution in [0.25, 0.3) is 32.3 Å². The molecule has 4 aromatic rings. The van der Waals surface area contributed by atoms with E-state index in [1.165, 1.54) is 32.3 Å². The topological polar surface area (TPSA) is 63.3 Å². The van der Waals surface area contributed by atoms with Crippen LogP contribution >= 0.6 is 0 Å². The fourth-order valence-corrected chi connectivity index (χ4v) is 2.92. The minimum absolute atomic E-state index is 0.0208. The van der Waals surface area contributed by atoms with E-state index in [0.717, 1.165) is 0 Å². The highest BCUT2D eigenvalue weighted by Gasteiger charge is 2.14.